The number of sulfonamides is 2. The maximum absolute atomic E-state index is 12.9. The van der Waals surface area contributed by atoms with E-state index in [-0.39, 0.29) is 9.79 Å². The minimum absolute atomic E-state index is 0.0114. The fourth-order valence-electron chi connectivity index (χ4n) is 3.29. The van der Waals surface area contributed by atoms with Crippen LogP contribution in [-0.2, 0) is 20.0 Å². The second-order valence-corrected chi connectivity index (χ2v) is 11.4. The van der Waals surface area contributed by atoms with Gasteiger partial charge >= 0.3 is 0 Å². The number of benzene rings is 2. The van der Waals surface area contributed by atoms with Crippen LogP contribution in [0.3, 0.4) is 0 Å². The van der Waals surface area contributed by atoms with Crippen LogP contribution in [0.25, 0.3) is 0 Å². The lowest BCUT2D eigenvalue weighted by atomic mass is 9.98. The summed E-state index contributed by atoms with van der Waals surface area (Å²) in [6.07, 6.45) is 2.14. The van der Waals surface area contributed by atoms with Crippen molar-refractivity contribution in [1.29, 1.82) is 0 Å². The summed E-state index contributed by atoms with van der Waals surface area (Å²) < 4.78 is 53.9. The first-order valence-corrected chi connectivity index (χ1v) is 12.4. The highest BCUT2D eigenvalue weighted by Gasteiger charge is 2.23. The predicted octanol–water partition coefficient (Wildman–Crippen LogP) is 2.97. The van der Waals surface area contributed by atoms with Crippen LogP contribution in [0.4, 0.5) is 11.4 Å². The smallest absolute Gasteiger partial charge is 0.261 e. The van der Waals surface area contributed by atoms with Crippen LogP contribution in [0.15, 0.2) is 58.3 Å². The Balaban J connectivity index is 1.85. The maximum atomic E-state index is 12.9. The Morgan fingerprint density at radius 3 is 2.03 bits per heavy atom. The van der Waals surface area contributed by atoms with Gasteiger partial charge in [0.15, 0.2) is 0 Å². The average Bonchev–Trinajstić information content (AvgIpc) is 2.69. The fourth-order valence-corrected chi connectivity index (χ4v) is 5.27. The number of hydrogen-bond acceptors (Lipinski definition) is 5. The lowest BCUT2D eigenvalue weighted by Gasteiger charge is -2.33. The molecule has 0 amide bonds. The van der Waals surface area contributed by atoms with Crippen LogP contribution < -0.4 is 9.62 Å². The van der Waals surface area contributed by atoms with Crippen LogP contribution in [0.5, 0.6) is 0 Å². The molecule has 7 nitrogen and oxygen atoms in total. The van der Waals surface area contributed by atoms with E-state index >= 15 is 0 Å². The molecule has 2 aromatic rings. The standard InChI is InChI=1S/C20H27N3O4S2/c1-16-12-14-23(15-13-16)20-7-5-4-6-19(20)21-28(24,25)17-8-10-18(11-9-17)29(26,27)22(2)3/h4-11,16,21H,12-15H2,1-3H3. The summed E-state index contributed by atoms with van der Waals surface area (Å²) in [7, 11) is -4.60. The molecule has 0 radical (unpaired) electrons. The molecule has 0 aromatic heterocycles. The lowest BCUT2D eigenvalue weighted by Crippen LogP contribution is -2.33. The van der Waals surface area contributed by atoms with E-state index in [1.807, 2.05) is 12.1 Å². The number of rotatable bonds is 6. The van der Waals surface area contributed by atoms with Gasteiger partial charge in [0.25, 0.3) is 10.0 Å². The van der Waals surface area contributed by atoms with E-state index < -0.39 is 20.0 Å². The minimum atomic E-state index is -3.85. The molecule has 0 aliphatic carbocycles. The van der Waals surface area contributed by atoms with Crippen LogP contribution in [-0.4, -0.2) is 48.3 Å². The van der Waals surface area contributed by atoms with Crippen LogP contribution >= 0.6 is 0 Å². The molecular weight excluding hydrogens is 410 g/mol. The number of hydrogen-bond donors (Lipinski definition) is 1. The Hall–Kier alpha value is -2.10. The van der Waals surface area contributed by atoms with Crippen LogP contribution in [0.1, 0.15) is 19.8 Å². The summed E-state index contributed by atoms with van der Waals surface area (Å²) in [6, 6.07) is 12.6. The molecule has 1 aliphatic heterocycles. The van der Waals surface area contributed by atoms with Gasteiger partial charge in [-0.25, -0.2) is 21.1 Å². The Bertz CT molecular complexity index is 1060. The Morgan fingerprint density at radius 1 is 0.897 bits per heavy atom. The van der Waals surface area contributed by atoms with Crippen molar-refractivity contribution >= 4 is 31.4 Å². The molecule has 1 aliphatic rings. The fraction of sp³-hybridized carbons (Fsp3) is 0.400. The van der Waals surface area contributed by atoms with Crippen molar-refractivity contribution < 1.29 is 16.8 Å². The molecule has 0 bridgehead atoms. The third-order valence-electron chi connectivity index (χ3n) is 5.19. The van der Waals surface area contributed by atoms with Crippen molar-refractivity contribution in [3.8, 4) is 0 Å². The summed E-state index contributed by atoms with van der Waals surface area (Å²) in [4.78, 5) is 2.26. The second-order valence-electron chi connectivity index (χ2n) is 7.55. The van der Waals surface area contributed by atoms with Crippen molar-refractivity contribution in [2.24, 2.45) is 5.92 Å². The lowest BCUT2D eigenvalue weighted by molar-refractivity contribution is 0.438. The van der Waals surface area contributed by atoms with E-state index in [1.54, 1.807) is 12.1 Å². The van der Waals surface area contributed by atoms with E-state index in [4.69, 9.17) is 0 Å². The molecule has 1 fully saturated rings. The van der Waals surface area contributed by atoms with Gasteiger partial charge in [-0.1, -0.05) is 19.1 Å². The molecule has 0 unspecified atom stereocenters. The topological polar surface area (TPSA) is 86.8 Å². The molecule has 0 spiro atoms. The molecule has 1 N–H and O–H groups in total. The molecule has 3 rings (SSSR count). The molecule has 9 heteroatoms. The van der Waals surface area contributed by atoms with E-state index in [0.717, 1.165) is 35.9 Å². The number of para-hydroxylation sites is 2. The number of anilines is 2. The van der Waals surface area contributed by atoms with Crippen molar-refractivity contribution in [3.05, 3.63) is 48.5 Å². The molecule has 29 heavy (non-hydrogen) atoms. The highest BCUT2D eigenvalue weighted by molar-refractivity contribution is 7.92. The Labute approximate surface area is 173 Å². The quantitative estimate of drug-likeness (QED) is 0.751. The number of nitrogens with zero attached hydrogens (tertiary/aromatic N) is 2. The van der Waals surface area contributed by atoms with Crippen molar-refractivity contribution in [3.63, 3.8) is 0 Å². The summed E-state index contributed by atoms with van der Waals surface area (Å²) >= 11 is 0. The van der Waals surface area contributed by atoms with E-state index in [2.05, 4.69) is 16.5 Å². The Kier molecular flexibility index (Phi) is 6.21. The summed E-state index contributed by atoms with van der Waals surface area (Å²) in [5.41, 5.74) is 1.38. The van der Waals surface area contributed by atoms with Gasteiger partial charge in [-0.3, -0.25) is 4.72 Å². The third-order valence-corrected chi connectivity index (χ3v) is 8.40. The van der Waals surface area contributed by atoms with Crippen molar-refractivity contribution in [2.75, 3.05) is 36.8 Å². The van der Waals surface area contributed by atoms with Crippen molar-refractivity contribution in [1.82, 2.24) is 4.31 Å². The Morgan fingerprint density at radius 2 is 1.45 bits per heavy atom. The maximum Gasteiger partial charge on any atom is 0.261 e. The van der Waals surface area contributed by atoms with Crippen molar-refractivity contribution in [2.45, 2.75) is 29.6 Å². The first kappa shape index (κ1) is 21.6. The molecule has 1 saturated heterocycles. The monoisotopic (exact) mass is 437 g/mol. The summed E-state index contributed by atoms with van der Waals surface area (Å²) in [5.74, 6) is 0.673. The molecule has 0 atom stereocenters. The SMILES string of the molecule is CC1CCN(c2ccccc2NS(=O)(=O)c2ccc(S(=O)(=O)N(C)C)cc2)CC1. The predicted molar refractivity (Wildman–Crippen MR) is 115 cm³/mol. The summed E-state index contributed by atoms with van der Waals surface area (Å²) in [5, 5.41) is 0. The van der Waals surface area contributed by atoms with E-state index in [0.29, 0.717) is 11.6 Å². The van der Waals surface area contributed by atoms with Gasteiger partial charge in [0.2, 0.25) is 10.0 Å². The first-order valence-electron chi connectivity index (χ1n) is 9.50. The van der Waals surface area contributed by atoms with Gasteiger partial charge in [0.05, 0.1) is 21.2 Å². The molecule has 2 aromatic carbocycles. The largest absolute Gasteiger partial charge is 0.370 e. The number of piperidine rings is 1. The van der Waals surface area contributed by atoms with Gasteiger partial charge < -0.3 is 4.90 Å². The van der Waals surface area contributed by atoms with Gasteiger partial charge in [-0.2, -0.15) is 0 Å². The zero-order valence-corrected chi connectivity index (χ0v) is 18.5. The average molecular weight is 438 g/mol. The summed E-state index contributed by atoms with van der Waals surface area (Å²) in [6.45, 7) is 4.00. The van der Waals surface area contributed by atoms with Crippen LogP contribution in [0.2, 0.25) is 0 Å². The van der Waals surface area contributed by atoms with E-state index in [1.165, 1.54) is 38.4 Å². The highest BCUT2D eigenvalue weighted by Crippen LogP contribution is 2.31. The van der Waals surface area contributed by atoms with Gasteiger partial charge in [-0.15, -0.1) is 0 Å². The number of nitrogens with one attached hydrogen (secondary N) is 1. The molecule has 0 saturated carbocycles. The molecule has 1 heterocycles. The second kappa shape index (κ2) is 8.33. The zero-order chi connectivity index (χ0) is 21.2. The third kappa shape index (κ3) is 4.73. The van der Waals surface area contributed by atoms with Gasteiger partial charge in [0.1, 0.15) is 0 Å². The minimum Gasteiger partial charge on any atom is -0.370 e. The normalized spacial score (nSPS) is 16.2. The molecular formula is C20H27N3O4S2. The zero-order valence-electron chi connectivity index (χ0n) is 16.9. The van der Waals surface area contributed by atoms with E-state index in [9.17, 15) is 16.8 Å². The van der Waals surface area contributed by atoms with Gasteiger partial charge in [0, 0.05) is 27.2 Å². The van der Waals surface area contributed by atoms with Gasteiger partial charge in [-0.05, 0) is 55.2 Å². The molecule has 158 valence electrons. The first-order chi connectivity index (χ1) is 13.6. The van der Waals surface area contributed by atoms with Crippen LogP contribution in [0, 0.1) is 5.92 Å². The highest BCUT2D eigenvalue weighted by atomic mass is 32.2.